The Morgan fingerprint density at radius 3 is 2.95 bits per heavy atom. The largest absolute Gasteiger partial charge is 0.472 e. The smallest absolute Gasteiger partial charge is 0.232 e. The number of hydrogen-bond acceptors (Lipinski definition) is 5. The summed E-state index contributed by atoms with van der Waals surface area (Å²) in [6, 6.07) is 0.612. The Morgan fingerprint density at radius 1 is 1.45 bits per heavy atom. The maximum absolute atomic E-state index is 5.93. The molecule has 0 spiro atoms. The molecule has 0 bridgehead atoms. The van der Waals surface area contributed by atoms with E-state index in [1.54, 1.807) is 12.4 Å². The third-order valence-electron chi connectivity index (χ3n) is 3.80. The molecule has 2 aliphatic heterocycles. The number of piperazine rings is 1. The number of allylic oxidation sites excluding steroid dienone is 1. The van der Waals surface area contributed by atoms with E-state index in [-0.39, 0.29) is 18.5 Å². The van der Waals surface area contributed by atoms with E-state index >= 15 is 0 Å². The van der Waals surface area contributed by atoms with E-state index in [1.165, 1.54) is 0 Å². The van der Waals surface area contributed by atoms with E-state index in [0.29, 0.717) is 11.9 Å². The molecule has 0 saturated carbocycles. The average Bonchev–Trinajstić information content (AvgIpc) is 2.81. The molecule has 2 fully saturated rings. The van der Waals surface area contributed by atoms with E-state index in [9.17, 15) is 0 Å². The molecule has 2 atom stereocenters. The highest BCUT2D eigenvalue weighted by Crippen LogP contribution is 2.22. The van der Waals surface area contributed by atoms with Gasteiger partial charge in [0.15, 0.2) is 0 Å². The minimum Gasteiger partial charge on any atom is -0.472 e. The normalized spacial score (nSPS) is 25.6. The van der Waals surface area contributed by atoms with Gasteiger partial charge in [-0.25, -0.2) is 9.97 Å². The van der Waals surface area contributed by atoms with Crippen molar-refractivity contribution in [1.82, 2.24) is 20.2 Å². The minimum absolute atomic E-state index is 0. The van der Waals surface area contributed by atoms with Crippen LogP contribution in [0.1, 0.15) is 19.0 Å². The van der Waals surface area contributed by atoms with Crippen LogP contribution in [-0.4, -0.2) is 53.2 Å². The lowest BCUT2D eigenvalue weighted by molar-refractivity contribution is 0.182. The number of halogens is 1. The predicted octanol–water partition coefficient (Wildman–Crippen LogP) is 1.36. The highest BCUT2D eigenvalue weighted by molar-refractivity contribution is 5.85. The van der Waals surface area contributed by atoms with Gasteiger partial charge in [0.25, 0.3) is 0 Å². The summed E-state index contributed by atoms with van der Waals surface area (Å²) in [7, 11) is 0. The van der Waals surface area contributed by atoms with Crippen molar-refractivity contribution >= 4 is 18.0 Å². The molecular weight excluding hydrogens is 276 g/mol. The molecule has 6 heteroatoms. The molecule has 0 aliphatic carbocycles. The summed E-state index contributed by atoms with van der Waals surface area (Å²) < 4.78 is 5.93. The predicted molar refractivity (Wildman–Crippen MR) is 81.3 cm³/mol. The molecule has 2 saturated heterocycles. The van der Waals surface area contributed by atoms with Gasteiger partial charge in [0.2, 0.25) is 5.88 Å². The summed E-state index contributed by atoms with van der Waals surface area (Å²) in [5, 5.41) is 3.43. The molecule has 110 valence electrons. The van der Waals surface area contributed by atoms with Gasteiger partial charge in [-0.15, -0.1) is 12.4 Å². The monoisotopic (exact) mass is 296 g/mol. The molecule has 1 aromatic heterocycles. The Balaban J connectivity index is 0.00000147. The second-order valence-electron chi connectivity index (χ2n) is 5.35. The molecule has 1 aromatic rings. The lowest BCUT2D eigenvalue weighted by Gasteiger charge is -2.29. The van der Waals surface area contributed by atoms with Crippen LogP contribution in [0.4, 0.5) is 0 Å². The van der Waals surface area contributed by atoms with Gasteiger partial charge < -0.3 is 10.1 Å². The van der Waals surface area contributed by atoms with Crippen LogP contribution in [0.15, 0.2) is 19.0 Å². The number of rotatable bonds is 3. The van der Waals surface area contributed by atoms with Crippen molar-refractivity contribution in [3.05, 3.63) is 24.7 Å². The number of ether oxygens (including phenoxy) is 1. The molecule has 3 heterocycles. The zero-order chi connectivity index (χ0) is 13.2. The van der Waals surface area contributed by atoms with Crippen molar-refractivity contribution in [2.24, 2.45) is 0 Å². The third-order valence-corrected chi connectivity index (χ3v) is 3.80. The van der Waals surface area contributed by atoms with Crippen LogP contribution < -0.4 is 10.1 Å². The second-order valence-corrected chi connectivity index (χ2v) is 5.35. The summed E-state index contributed by atoms with van der Waals surface area (Å²) in [6.07, 6.45) is 4.72. The first kappa shape index (κ1) is 15.2. The number of nitrogens with zero attached hydrogens (tertiary/aromatic N) is 3. The number of nitrogens with one attached hydrogen (secondary N) is 1. The zero-order valence-electron chi connectivity index (χ0n) is 11.7. The molecule has 0 radical (unpaired) electrons. The fourth-order valence-electron chi connectivity index (χ4n) is 2.77. The van der Waals surface area contributed by atoms with Crippen LogP contribution >= 0.6 is 12.4 Å². The van der Waals surface area contributed by atoms with Crippen molar-refractivity contribution in [3.63, 3.8) is 0 Å². The fourth-order valence-corrected chi connectivity index (χ4v) is 2.77. The molecule has 1 N–H and O–H groups in total. The van der Waals surface area contributed by atoms with E-state index in [4.69, 9.17) is 4.74 Å². The van der Waals surface area contributed by atoms with Crippen LogP contribution in [-0.2, 0) is 0 Å². The van der Waals surface area contributed by atoms with Gasteiger partial charge in [0.1, 0.15) is 6.10 Å². The topological polar surface area (TPSA) is 50.3 Å². The maximum Gasteiger partial charge on any atom is 0.232 e. The number of fused-ring (bicyclic) bond motifs is 1. The molecule has 3 rings (SSSR count). The van der Waals surface area contributed by atoms with Crippen molar-refractivity contribution in [1.29, 1.82) is 0 Å². The molecule has 0 amide bonds. The highest BCUT2D eigenvalue weighted by atomic mass is 35.5. The number of aromatic nitrogens is 2. The van der Waals surface area contributed by atoms with E-state index in [2.05, 4.69) is 26.8 Å². The Labute approximate surface area is 125 Å². The van der Waals surface area contributed by atoms with Gasteiger partial charge in [-0.1, -0.05) is 6.58 Å². The maximum atomic E-state index is 5.93. The van der Waals surface area contributed by atoms with Gasteiger partial charge in [-0.2, -0.15) is 0 Å². The van der Waals surface area contributed by atoms with Gasteiger partial charge >= 0.3 is 0 Å². The number of hydrogen-bond donors (Lipinski definition) is 1. The summed E-state index contributed by atoms with van der Waals surface area (Å²) in [6.45, 7) is 10.0. The standard InChI is InChI=1S/C14H20N4O.ClH/c1-10(2)13-7-17-14(8-16-13)19-12-5-11-6-15-3-4-18(11)9-12;/h7-8,11-12,15H,1,3-6,9H2,2H3;1H/t11-,12+;/m0./s1. The zero-order valence-corrected chi connectivity index (χ0v) is 12.5. The summed E-state index contributed by atoms with van der Waals surface area (Å²) in [5.74, 6) is 0.614. The van der Waals surface area contributed by atoms with Crippen LogP contribution in [0.3, 0.4) is 0 Å². The lowest BCUT2D eigenvalue weighted by Crippen LogP contribution is -2.47. The Hall–Kier alpha value is -1.17. The second kappa shape index (κ2) is 6.52. The third kappa shape index (κ3) is 3.29. The van der Waals surface area contributed by atoms with Crippen LogP contribution in [0.2, 0.25) is 0 Å². The van der Waals surface area contributed by atoms with E-state index < -0.39 is 0 Å². The first-order chi connectivity index (χ1) is 9.22. The fraction of sp³-hybridized carbons (Fsp3) is 0.571. The van der Waals surface area contributed by atoms with Crippen molar-refractivity contribution in [3.8, 4) is 5.88 Å². The Kier molecular flexibility index (Phi) is 4.96. The Bertz CT molecular complexity index is 451. The average molecular weight is 297 g/mol. The molecule has 0 aromatic carbocycles. The quantitative estimate of drug-likeness (QED) is 0.913. The summed E-state index contributed by atoms with van der Waals surface area (Å²) in [4.78, 5) is 11.1. The summed E-state index contributed by atoms with van der Waals surface area (Å²) in [5.41, 5.74) is 1.74. The Morgan fingerprint density at radius 2 is 2.30 bits per heavy atom. The van der Waals surface area contributed by atoms with E-state index in [0.717, 1.165) is 43.9 Å². The summed E-state index contributed by atoms with van der Waals surface area (Å²) >= 11 is 0. The van der Waals surface area contributed by atoms with Crippen molar-refractivity contribution in [2.45, 2.75) is 25.5 Å². The molecular formula is C14H21ClN4O. The van der Waals surface area contributed by atoms with Gasteiger partial charge in [0, 0.05) is 38.6 Å². The first-order valence-electron chi connectivity index (χ1n) is 6.82. The first-order valence-corrected chi connectivity index (χ1v) is 6.82. The van der Waals surface area contributed by atoms with Crippen LogP contribution in [0.5, 0.6) is 5.88 Å². The van der Waals surface area contributed by atoms with Gasteiger partial charge in [-0.3, -0.25) is 4.90 Å². The van der Waals surface area contributed by atoms with E-state index in [1.807, 2.05) is 6.92 Å². The van der Waals surface area contributed by atoms with Gasteiger partial charge in [-0.05, 0) is 12.5 Å². The van der Waals surface area contributed by atoms with Crippen LogP contribution in [0.25, 0.3) is 5.57 Å². The molecule has 2 aliphatic rings. The molecule has 20 heavy (non-hydrogen) atoms. The van der Waals surface area contributed by atoms with Crippen molar-refractivity contribution < 1.29 is 4.74 Å². The SMILES string of the molecule is C=C(C)c1cnc(O[C@@H]2C[C@H]3CNCCN3C2)cn1.Cl. The van der Waals surface area contributed by atoms with Crippen molar-refractivity contribution in [2.75, 3.05) is 26.2 Å². The van der Waals surface area contributed by atoms with Crippen LogP contribution in [0, 0.1) is 0 Å². The van der Waals surface area contributed by atoms with Gasteiger partial charge in [0.05, 0.1) is 18.1 Å². The molecule has 0 unspecified atom stereocenters. The lowest BCUT2D eigenvalue weighted by atomic mass is 10.2. The molecule has 5 nitrogen and oxygen atoms in total. The minimum atomic E-state index is 0. The highest BCUT2D eigenvalue weighted by Gasteiger charge is 2.34.